The van der Waals surface area contributed by atoms with Gasteiger partial charge < -0.3 is 14.8 Å². The Morgan fingerprint density at radius 2 is 2.04 bits per heavy atom. The van der Waals surface area contributed by atoms with E-state index in [-0.39, 0.29) is 0 Å². The third-order valence-corrected chi connectivity index (χ3v) is 4.20. The van der Waals surface area contributed by atoms with Gasteiger partial charge in [-0.05, 0) is 59.3 Å². The lowest BCUT2D eigenvalue weighted by molar-refractivity contribution is 0.295. The van der Waals surface area contributed by atoms with Crippen LogP contribution >= 0.6 is 34.2 Å². The van der Waals surface area contributed by atoms with Crippen molar-refractivity contribution in [2.24, 2.45) is 0 Å². The first-order valence-electron chi connectivity index (χ1n) is 7.33. The van der Waals surface area contributed by atoms with Crippen LogP contribution in [0.5, 0.6) is 11.5 Å². The van der Waals surface area contributed by atoms with Crippen LogP contribution in [0.15, 0.2) is 49.1 Å². The zero-order chi connectivity index (χ0) is 16.7. The fraction of sp³-hybridized carbons (Fsp3) is 0.222. The third-order valence-electron chi connectivity index (χ3n) is 3.07. The van der Waals surface area contributed by atoms with Crippen LogP contribution in [0.2, 0.25) is 5.02 Å². The second-order valence-corrected chi connectivity index (χ2v) is 6.34. The second-order valence-electron chi connectivity index (χ2n) is 4.77. The molecule has 0 unspecified atom stereocenters. The average Bonchev–Trinajstić information content (AvgIpc) is 2.54. The van der Waals surface area contributed by atoms with Crippen molar-refractivity contribution in [1.82, 2.24) is 0 Å². The molecule has 0 fully saturated rings. The summed E-state index contributed by atoms with van der Waals surface area (Å²) in [5.74, 6) is 1.51. The number of hydrogen-bond donors (Lipinski definition) is 1. The van der Waals surface area contributed by atoms with Crippen LogP contribution in [0.1, 0.15) is 12.5 Å². The standard InChI is InChI=1S/C18H19ClINO2/c1-3-9-23-18-15(20)10-13(11-17(18)22-4-2)12-21-16-8-6-5-7-14(16)19/h3,5-8,10-11,21H,1,4,9,12H2,2H3. The van der Waals surface area contributed by atoms with E-state index in [1.165, 1.54) is 0 Å². The molecule has 0 aliphatic heterocycles. The molecule has 122 valence electrons. The molecule has 2 aromatic rings. The number of halogens is 2. The number of para-hydroxylation sites is 1. The van der Waals surface area contributed by atoms with E-state index in [1.54, 1.807) is 6.08 Å². The van der Waals surface area contributed by atoms with Gasteiger partial charge in [0, 0.05) is 6.54 Å². The van der Waals surface area contributed by atoms with Crippen molar-refractivity contribution in [1.29, 1.82) is 0 Å². The van der Waals surface area contributed by atoms with Crippen molar-refractivity contribution in [2.45, 2.75) is 13.5 Å². The minimum absolute atomic E-state index is 0.452. The molecule has 0 saturated heterocycles. The Morgan fingerprint density at radius 1 is 1.26 bits per heavy atom. The molecule has 2 rings (SSSR count). The van der Waals surface area contributed by atoms with Crippen LogP contribution in [-0.2, 0) is 6.54 Å². The normalized spacial score (nSPS) is 10.2. The van der Waals surface area contributed by atoms with Crippen molar-refractivity contribution in [3.05, 3.63) is 63.2 Å². The Labute approximate surface area is 155 Å². The predicted molar refractivity (Wildman–Crippen MR) is 105 cm³/mol. The first-order chi connectivity index (χ1) is 11.2. The van der Waals surface area contributed by atoms with Gasteiger partial charge >= 0.3 is 0 Å². The Hall–Kier alpha value is -1.40. The molecule has 3 nitrogen and oxygen atoms in total. The number of benzene rings is 2. The van der Waals surface area contributed by atoms with Crippen LogP contribution < -0.4 is 14.8 Å². The maximum absolute atomic E-state index is 6.17. The number of nitrogens with one attached hydrogen (secondary N) is 1. The van der Waals surface area contributed by atoms with E-state index >= 15 is 0 Å². The van der Waals surface area contributed by atoms with Gasteiger partial charge in [-0.15, -0.1) is 0 Å². The van der Waals surface area contributed by atoms with E-state index in [2.05, 4.69) is 40.6 Å². The highest BCUT2D eigenvalue weighted by Crippen LogP contribution is 2.34. The van der Waals surface area contributed by atoms with Crippen molar-refractivity contribution < 1.29 is 9.47 Å². The molecule has 0 radical (unpaired) electrons. The van der Waals surface area contributed by atoms with Gasteiger partial charge in [0.2, 0.25) is 0 Å². The van der Waals surface area contributed by atoms with Gasteiger partial charge in [-0.25, -0.2) is 0 Å². The SMILES string of the molecule is C=CCOc1c(I)cc(CNc2ccccc2Cl)cc1OCC. The molecule has 0 heterocycles. The molecular formula is C18H19ClINO2. The Kier molecular flexibility index (Phi) is 7.05. The molecule has 0 bridgehead atoms. The third kappa shape index (κ3) is 5.04. The zero-order valence-electron chi connectivity index (χ0n) is 12.9. The Morgan fingerprint density at radius 3 is 2.74 bits per heavy atom. The maximum Gasteiger partial charge on any atom is 0.174 e. The van der Waals surface area contributed by atoms with E-state index in [0.29, 0.717) is 24.8 Å². The monoisotopic (exact) mass is 443 g/mol. The lowest BCUT2D eigenvalue weighted by Crippen LogP contribution is -2.05. The van der Waals surface area contributed by atoms with E-state index in [9.17, 15) is 0 Å². The molecule has 5 heteroatoms. The zero-order valence-corrected chi connectivity index (χ0v) is 15.9. The summed E-state index contributed by atoms with van der Waals surface area (Å²) in [7, 11) is 0. The van der Waals surface area contributed by atoms with Gasteiger partial charge in [0.1, 0.15) is 6.61 Å². The van der Waals surface area contributed by atoms with Gasteiger partial charge in [-0.2, -0.15) is 0 Å². The van der Waals surface area contributed by atoms with E-state index in [0.717, 1.165) is 26.3 Å². The Balaban J connectivity index is 2.19. The fourth-order valence-corrected chi connectivity index (χ4v) is 3.09. The van der Waals surface area contributed by atoms with Crippen LogP contribution in [0.4, 0.5) is 5.69 Å². The minimum Gasteiger partial charge on any atom is -0.490 e. The highest BCUT2D eigenvalue weighted by Gasteiger charge is 2.12. The van der Waals surface area contributed by atoms with E-state index in [4.69, 9.17) is 21.1 Å². The molecule has 2 aromatic carbocycles. The summed E-state index contributed by atoms with van der Waals surface area (Å²) in [4.78, 5) is 0. The average molecular weight is 444 g/mol. The summed E-state index contributed by atoms with van der Waals surface area (Å²) in [6.45, 7) is 7.33. The second kappa shape index (κ2) is 9.03. The molecular weight excluding hydrogens is 425 g/mol. The molecule has 1 N–H and O–H groups in total. The first-order valence-corrected chi connectivity index (χ1v) is 8.78. The summed E-state index contributed by atoms with van der Waals surface area (Å²) in [6, 6.07) is 11.8. The molecule has 23 heavy (non-hydrogen) atoms. The van der Waals surface area contributed by atoms with Crippen molar-refractivity contribution in [3.8, 4) is 11.5 Å². The molecule has 0 aliphatic carbocycles. The molecule has 0 saturated carbocycles. The topological polar surface area (TPSA) is 30.5 Å². The highest BCUT2D eigenvalue weighted by molar-refractivity contribution is 14.1. The lowest BCUT2D eigenvalue weighted by atomic mass is 10.2. The lowest BCUT2D eigenvalue weighted by Gasteiger charge is -2.15. The number of ether oxygens (including phenoxy) is 2. The quantitative estimate of drug-likeness (QED) is 0.430. The van der Waals surface area contributed by atoms with Gasteiger partial charge in [-0.1, -0.05) is 36.4 Å². The van der Waals surface area contributed by atoms with Gasteiger partial charge in [0.05, 0.1) is 20.9 Å². The van der Waals surface area contributed by atoms with Crippen LogP contribution in [0.3, 0.4) is 0 Å². The van der Waals surface area contributed by atoms with Crippen molar-refractivity contribution >= 4 is 39.9 Å². The largest absolute Gasteiger partial charge is 0.490 e. The summed E-state index contributed by atoms with van der Waals surface area (Å²) in [5.41, 5.74) is 2.01. The van der Waals surface area contributed by atoms with Crippen molar-refractivity contribution in [2.75, 3.05) is 18.5 Å². The van der Waals surface area contributed by atoms with E-state index in [1.807, 2.05) is 37.3 Å². The van der Waals surface area contributed by atoms with Gasteiger partial charge in [0.15, 0.2) is 11.5 Å². The summed E-state index contributed by atoms with van der Waals surface area (Å²) in [5, 5.41) is 4.05. The number of anilines is 1. The molecule has 0 amide bonds. The van der Waals surface area contributed by atoms with Gasteiger partial charge in [0.25, 0.3) is 0 Å². The summed E-state index contributed by atoms with van der Waals surface area (Å²) >= 11 is 8.43. The maximum atomic E-state index is 6.17. The van der Waals surface area contributed by atoms with Crippen LogP contribution in [0, 0.1) is 3.57 Å². The fourth-order valence-electron chi connectivity index (χ4n) is 2.07. The van der Waals surface area contributed by atoms with Crippen LogP contribution in [0.25, 0.3) is 0 Å². The number of hydrogen-bond acceptors (Lipinski definition) is 3. The first kappa shape index (κ1) is 17.9. The molecule has 0 spiro atoms. The smallest absolute Gasteiger partial charge is 0.174 e. The minimum atomic E-state index is 0.452. The van der Waals surface area contributed by atoms with Crippen LogP contribution in [-0.4, -0.2) is 13.2 Å². The predicted octanol–water partition coefficient (Wildman–Crippen LogP) is 5.52. The molecule has 0 aromatic heterocycles. The summed E-state index contributed by atoms with van der Waals surface area (Å²) in [6.07, 6.45) is 1.72. The summed E-state index contributed by atoms with van der Waals surface area (Å²) < 4.78 is 12.4. The number of rotatable bonds is 8. The van der Waals surface area contributed by atoms with E-state index < -0.39 is 0 Å². The van der Waals surface area contributed by atoms with Crippen molar-refractivity contribution in [3.63, 3.8) is 0 Å². The molecule has 0 aliphatic rings. The molecule has 0 atom stereocenters. The van der Waals surface area contributed by atoms with Gasteiger partial charge in [-0.3, -0.25) is 0 Å². The Bertz CT molecular complexity index is 676. The highest BCUT2D eigenvalue weighted by atomic mass is 127.